The molecule has 1 aliphatic rings. The maximum Gasteiger partial charge on any atom is 0.193 e. The second-order valence-electron chi connectivity index (χ2n) is 5.83. The topological polar surface area (TPSA) is 46.1 Å². The minimum atomic E-state index is 0.363. The zero-order chi connectivity index (χ0) is 17.2. The SMILES string of the molecule is CCNC(=NCCCOC1CCOCC1)N(C)Cc1ccc(Cl)s1. The Morgan fingerprint density at radius 3 is 2.92 bits per heavy atom. The van der Waals surface area contributed by atoms with Crippen LogP contribution in [0.1, 0.15) is 31.1 Å². The molecule has 0 aromatic carbocycles. The highest BCUT2D eigenvalue weighted by Crippen LogP contribution is 2.22. The van der Waals surface area contributed by atoms with Crippen LogP contribution in [0.5, 0.6) is 0 Å². The van der Waals surface area contributed by atoms with Crippen molar-refractivity contribution in [3.05, 3.63) is 21.3 Å². The lowest BCUT2D eigenvalue weighted by Crippen LogP contribution is -2.38. The highest BCUT2D eigenvalue weighted by molar-refractivity contribution is 7.16. The molecule has 0 radical (unpaired) electrons. The first-order chi connectivity index (χ1) is 11.7. The Morgan fingerprint density at radius 1 is 1.46 bits per heavy atom. The average Bonchev–Trinajstić information content (AvgIpc) is 2.99. The number of hydrogen-bond acceptors (Lipinski definition) is 4. The lowest BCUT2D eigenvalue weighted by molar-refractivity contribution is -0.0318. The molecule has 0 atom stereocenters. The molecule has 2 heterocycles. The van der Waals surface area contributed by atoms with Crippen LogP contribution < -0.4 is 5.32 Å². The first-order valence-electron chi connectivity index (χ1n) is 8.62. The van der Waals surface area contributed by atoms with E-state index in [2.05, 4.69) is 23.2 Å². The van der Waals surface area contributed by atoms with Crippen LogP contribution in [-0.4, -0.2) is 56.9 Å². The molecule has 0 saturated carbocycles. The first-order valence-corrected chi connectivity index (χ1v) is 9.81. The highest BCUT2D eigenvalue weighted by Gasteiger charge is 2.13. The number of guanidine groups is 1. The van der Waals surface area contributed by atoms with Crippen LogP contribution in [0.3, 0.4) is 0 Å². The minimum Gasteiger partial charge on any atom is -0.381 e. The third kappa shape index (κ3) is 6.97. The Labute approximate surface area is 154 Å². The van der Waals surface area contributed by atoms with Gasteiger partial charge in [0, 0.05) is 44.8 Å². The number of rotatable bonds is 8. The Balaban J connectivity index is 1.72. The van der Waals surface area contributed by atoms with Crippen LogP contribution in [0, 0.1) is 0 Å². The molecule has 0 bridgehead atoms. The number of nitrogens with one attached hydrogen (secondary N) is 1. The van der Waals surface area contributed by atoms with E-state index in [4.69, 9.17) is 26.1 Å². The molecule has 24 heavy (non-hydrogen) atoms. The molecular weight excluding hydrogens is 346 g/mol. The summed E-state index contributed by atoms with van der Waals surface area (Å²) in [7, 11) is 2.05. The molecule has 0 amide bonds. The van der Waals surface area contributed by atoms with E-state index in [9.17, 15) is 0 Å². The van der Waals surface area contributed by atoms with Crippen molar-refractivity contribution in [2.24, 2.45) is 4.99 Å². The zero-order valence-corrected chi connectivity index (χ0v) is 16.2. The molecule has 136 valence electrons. The summed E-state index contributed by atoms with van der Waals surface area (Å²) in [6, 6.07) is 4.00. The van der Waals surface area contributed by atoms with E-state index in [-0.39, 0.29) is 0 Å². The van der Waals surface area contributed by atoms with E-state index >= 15 is 0 Å². The Bertz CT molecular complexity index is 504. The first kappa shape index (κ1) is 19.5. The molecule has 1 saturated heterocycles. The van der Waals surface area contributed by atoms with Crippen LogP contribution in [0.15, 0.2) is 17.1 Å². The van der Waals surface area contributed by atoms with Gasteiger partial charge in [-0.15, -0.1) is 11.3 Å². The number of nitrogens with zero attached hydrogens (tertiary/aromatic N) is 2. The van der Waals surface area contributed by atoms with Gasteiger partial charge in [0.05, 0.1) is 17.0 Å². The van der Waals surface area contributed by atoms with Gasteiger partial charge in [0.2, 0.25) is 0 Å². The monoisotopic (exact) mass is 373 g/mol. The lowest BCUT2D eigenvalue weighted by Gasteiger charge is -2.23. The molecular formula is C17H28ClN3O2S. The van der Waals surface area contributed by atoms with E-state index in [0.29, 0.717) is 6.10 Å². The average molecular weight is 374 g/mol. The van der Waals surface area contributed by atoms with E-state index in [1.54, 1.807) is 11.3 Å². The summed E-state index contributed by atoms with van der Waals surface area (Å²) in [6.07, 6.45) is 3.32. The highest BCUT2D eigenvalue weighted by atomic mass is 35.5. The van der Waals surface area contributed by atoms with Gasteiger partial charge in [-0.05, 0) is 38.3 Å². The molecule has 2 rings (SSSR count). The van der Waals surface area contributed by atoms with Crippen LogP contribution >= 0.6 is 22.9 Å². The third-order valence-corrected chi connectivity index (χ3v) is 5.02. The van der Waals surface area contributed by atoms with Crippen molar-refractivity contribution in [2.75, 3.05) is 40.0 Å². The van der Waals surface area contributed by atoms with Crippen molar-refractivity contribution >= 4 is 28.9 Å². The van der Waals surface area contributed by atoms with Crippen molar-refractivity contribution in [3.63, 3.8) is 0 Å². The standard InChI is InChI=1S/C17H28ClN3O2S/c1-3-19-17(21(2)13-15-5-6-16(18)24-15)20-9-4-10-23-14-7-11-22-12-8-14/h5-6,14H,3-4,7-13H2,1-2H3,(H,19,20). The third-order valence-electron chi connectivity index (χ3n) is 3.80. The number of ether oxygens (including phenoxy) is 2. The fourth-order valence-electron chi connectivity index (χ4n) is 2.56. The van der Waals surface area contributed by atoms with Gasteiger partial charge in [-0.1, -0.05) is 11.6 Å². The second-order valence-corrected chi connectivity index (χ2v) is 7.63. The number of thiophene rings is 1. The summed E-state index contributed by atoms with van der Waals surface area (Å²) in [5.41, 5.74) is 0. The fraction of sp³-hybridized carbons (Fsp3) is 0.706. The fourth-order valence-corrected chi connectivity index (χ4v) is 3.70. The summed E-state index contributed by atoms with van der Waals surface area (Å²) >= 11 is 7.61. The van der Waals surface area contributed by atoms with Crippen molar-refractivity contribution in [3.8, 4) is 0 Å². The van der Waals surface area contributed by atoms with E-state index in [1.165, 1.54) is 4.88 Å². The second kappa shape index (κ2) is 10.9. The Kier molecular flexibility index (Phi) is 8.88. The van der Waals surface area contributed by atoms with E-state index in [0.717, 1.165) is 69.0 Å². The normalized spacial score (nSPS) is 16.4. The summed E-state index contributed by atoms with van der Waals surface area (Å²) in [4.78, 5) is 8.06. The molecule has 0 unspecified atom stereocenters. The van der Waals surface area contributed by atoms with E-state index in [1.807, 2.05) is 13.1 Å². The quantitative estimate of drug-likeness (QED) is 0.431. The van der Waals surface area contributed by atoms with Gasteiger partial charge in [-0.25, -0.2) is 0 Å². The molecule has 0 spiro atoms. The van der Waals surface area contributed by atoms with Gasteiger partial charge >= 0.3 is 0 Å². The summed E-state index contributed by atoms with van der Waals surface area (Å²) < 4.78 is 12.1. The molecule has 1 aliphatic heterocycles. The number of aliphatic imine (C=N–C) groups is 1. The Hall–Kier alpha value is -0.820. The molecule has 1 aromatic heterocycles. The van der Waals surface area contributed by atoms with Crippen molar-refractivity contribution in [1.29, 1.82) is 0 Å². The van der Waals surface area contributed by atoms with Gasteiger partial charge in [-0.3, -0.25) is 4.99 Å². The Morgan fingerprint density at radius 2 is 2.25 bits per heavy atom. The zero-order valence-electron chi connectivity index (χ0n) is 14.6. The maximum absolute atomic E-state index is 6.00. The van der Waals surface area contributed by atoms with Gasteiger partial charge in [0.1, 0.15) is 0 Å². The minimum absolute atomic E-state index is 0.363. The smallest absolute Gasteiger partial charge is 0.193 e. The van der Waals surface area contributed by atoms with Crippen LogP contribution in [0.4, 0.5) is 0 Å². The van der Waals surface area contributed by atoms with Gasteiger partial charge in [0.25, 0.3) is 0 Å². The van der Waals surface area contributed by atoms with Gasteiger partial charge in [0.15, 0.2) is 5.96 Å². The molecule has 0 aliphatic carbocycles. The predicted octanol–water partition coefficient (Wildman–Crippen LogP) is 3.38. The van der Waals surface area contributed by atoms with Crippen molar-refractivity contribution < 1.29 is 9.47 Å². The van der Waals surface area contributed by atoms with Gasteiger partial charge in [-0.2, -0.15) is 0 Å². The summed E-state index contributed by atoms with van der Waals surface area (Å²) in [5.74, 6) is 0.924. The number of halogens is 1. The van der Waals surface area contributed by atoms with Crippen LogP contribution in [-0.2, 0) is 16.0 Å². The van der Waals surface area contributed by atoms with E-state index < -0.39 is 0 Å². The van der Waals surface area contributed by atoms with Gasteiger partial charge < -0.3 is 19.7 Å². The molecule has 1 aromatic rings. The molecule has 1 fully saturated rings. The molecule has 7 heteroatoms. The molecule has 5 nitrogen and oxygen atoms in total. The predicted molar refractivity (Wildman–Crippen MR) is 101 cm³/mol. The summed E-state index contributed by atoms with van der Waals surface area (Å²) in [6.45, 7) is 6.92. The van der Waals surface area contributed by atoms with Crippen LogP contribution in [0.25, 0.3) is 0 Å². The molecule has 1 N–H and O–H groups in total. The van der Waals surface area contributed by atoms with Crippen LogP contribution in [0.2, 0.25) is 4.34 Å². The lowest BCUT2D eigenvalue weighted by atomic mass is 10.1. The van der Waals surface area contributed by atoms with Crippen molar-refractivity contribution in [2.45, 2.75) is 38.8 Å². The maximum atomic E-state index is 6.00. The number of hydrogen-bond donors (Lipinski definition) is 1. The summed E-state index contributed by atoms with van der Waals surface area (Å²) in [5, 5.41) is 3.34. The van der Waals surface area contributed by atoms with Crippen molar-refractivity contribution in [1.82, 2.24) is 10.2 Å². The largest absolute Gasteiger partial charge is 0.381 e.